The Hall–Kier alpha value is -1.56. The van der Waals surface area contributed by atoms with Gasteiger partial charge < -0.3 is 14.3 Å². The summed E-state index contributed by atoms with van der Waals surface area (Å²) in [6.07, 6.45) is 1.17. The van der Waals surface area contributed by atoms with Gasteiger partial charge >= 0.3 is 11.9 Å². The average molecular weight is 201 g/mol. The van der Waals surface area contributed by atoms with Crippen molar-refractivity contribution >= 4 is 11.9 Å². The highest BCUT2D eigenvalue weighted by atomic mass is 16.7. The van der Waals surface area contributed by atoms with E-state index in [1.54, 1.807) is 0 Å². The molecule has 0 aromatic rings. The summed E-state index contributed by atoms with van der Waals surface area (Å²) >= 11 is 0. The van der Waals surface area contributed by atoms with E-state index in [1.807, 2.05) is 0 Å². The van der Waals surface area contributed by atoms with Crippen molar-refractivity contribution in [3.63, 3.8) is 0 Å². The molecule has 14 heavy (non-hydrogen) atoms. The molecule has 1 unspecified atom stereocenters. The molecule has 0 aliphatic carbocycles. The van der Waals surface area contributed by atoms with E-state index in [-0.39, 0.29) is 5.57 Å². The van der Waals surface area contributed by atoms with Gasteiger partial charge in [-0.25, -0.2) is 9.59 Å². The van der Waals surface area contributed by atoms with Crippen LogP contribution in [-0.4, -0.2) is 44.3 Å². The normalized spacial score (nSPS) is 21.1. The zero-order valence-corrected chi connectivity index (χ0v) is 8.14. The summed E-state index contributed by atoms with van der Waals surface area (Å²) < 4.78 is 9.01. The maximum atomic E-state index is 11.3. The van der Waals surface area contributed by atoms with E-state index in [0.717, 1.165) is 0 Å². The zero-order valence-electron chi connectivity index (χ0n) is 8.14. The first-order valence-electron chi connectivity index (χ1n) is 3.87. The third kappa shape index (κ3) is 1.69. The van der Waals surface area contributed by atoms with Gasteiger partial charge in [0, 0.05) is 7.05 Å². The Labute approximate surface area is 81.0 Å². The topological polar surface area (TPSA) is 65.1 Å². The molecule has 1 heterocycles. The molecule has 6 nitrogen and oxygen atoms in total. The van der Waals surface area contributed by atoms with E-state index < -0.39 is 18.0 Å². The summed E-state index contributed by atoms with van der Waals surface area (Å²) in [7, 11) is 3.99. The van der Waals surface area contributed by atoms with Crippen LogP contribution in [0.15, 0.2) is 11.8 Å². The van der Waals surface area contributed by atoms with Gasteiger partial charge in [-0.05, 0) is 0 Å². The standard InChI is InChI=1S/C8H11NO5/c1-9-6(8(11)13-3)5(4-14-9)7(10)12-2/h4,6H,1-3H3. The van der Waals surface area contributed by atoms with Crippen LogP contribution in [-0.2, 0) is 23.9 Å². The Morgan fingerprint density at radius 2 is 2.07 bits per heavy atom. The number of esters is 2. The number of likely N-dealkylation sites (N-methyl/N-ethyl adjacent to an activating group) is 1. The van der Waals surface area contributed by atoms with Crippen molar-refractivity contribution < 1.29 is 23.9 Å². The van der Waals surface area contributed by atoms with E-state index >= 15 is 0 Å². The smallest absolute Gasteiger partial charge is 0.339 e. The number of ether oxygens (including phenoxy) is 2. The lowest BCUT2D eigenvalue weighted by atomic mass is 10.1. The summed E-state index contributed by atoms with van der Waals surface area (Å²) in [6, 6.07) is -0.854. The highest BCUT2D eigenvalue weighted by molar-refractivity contribution is 5.97. The zero-order chi connectivity index (χ0) is 10.7. The molecule has 78 valence electrons. The van der Waals surface area contributed by atoms with E-state index in [2.05, 4.69) is 9.47 Å². The first-order valence-corrected chi connectivity index (χ1v) is 3.87. The summed E-state index contributed by atoms with van der Waals surface area (Å²) in [5, 5.41) is 1.22. The van der Waals surface area contributed by atoms with E-state index in [1.165, 1.54) is 32.6 Å². The SMILES string of the molecule is COC(=O)C1=CON(C)C1C(=O)OC. The Morgan fingerprint density at radius 3 is 2.57 bits per heavy atom. The Bertz CT molecular complexity index is 285. The minimum atomic E-state index is -0.854. The number of hydroxylamine groups is 2. The van der Waals surface area contributed by atoms with Gasteiger partial charge in [-0.2, -0.15) is 0 Å². The van der Waals surface area contributed by atoms with Crippen LogP contribution in [0.5, 0.6) is 0 Å². The number of hydrogen-bond acceptors (Lipinski definition) is 6. The van der Waals surface area contributed by atoms with Gasteiger partial charge in [-0.1, -0.05) is 0 Å². The molecule has 0 N–H and O–H groups in total. The number of nitrogens with zero attached hydrogens (tertiary/aromatic N) is 1. The molecule has 0 aromatic carbocycles. The molecule has 1 aliphatic heterocycles. The van der Waals surface area contributed by atoms with Crippen molar-refractivity contribution in [2.45, 2.75) is 6.04 Å². The molecular weight excluding hydrogens is 190 g/mol. The van der Waals surface area contributed by atoms with Crippen LogP contribution in [0.4, 0.5) is 0 Å². The van der Waals surface area contributed by atoms with Gasteiger partial charge in [0.15, 0.2) is 6.04 Å². The van der Waals surface area contributed by atoms with Crippen molar-refractivity contribution in [2.75, 3.05) is 21.3 Å². The van der Waals surface area contributed by atoms with Crippen LogP contribution >= 0.6 is 0 Å². The second-order valence-corrected chi connectivity index (χ2v) is 2.64. The predicted molar refractivity (Wildman–Crippen MR) is 44.8 cm³/mol. The molecule has 0 amide bonds. The molecule has 0 spiro atoms. The molecule has 0 saturated carbocycles. The number of rotatable bonds is 2. The van der Waals surface area contributed by atoms with Gasteiger partial charge in [0.25, 0.3) is 0 Å². The van der Waals surface area contributed by atoms with Crippen molar-refractivity contribution in [1.29, 1.82) is 0 Å². The number of hydrogen-bond donors (Lipinski definition) is 0. The van der Waals surface area contributed by atoms with Crippen LogP contribution in [0, 0.1) is 0 Å². The summed E-state index contributed by atoms with van der Waals surface area (Å²) in [6.45, 7) is 0. The van der Waals surface area contributed by atoms with Gasteiger partial charge in [-0.15, -0.1) is 5.06 Å². The second-order valence-electron chi connectivity index (χ2n) is 2.64. The van der Waals surface area contributed by atoms with Gasteiger partial charge in [-0.3, -0.25) is 0 Å². The van der Waals surface area contributed by atoms with Gasteiger partial charge in [0.05, 0.1) is 14.2 Å². The first kappa shape index (κ1) is 10.5. The van der Waals surface area contributed by atoms with E-state index in [4.69, 9.17) is 4.84 Å². The molecule has 1 atom stereocenters. The van der Waals surface area contributed by atoms with Crippen LogP contribution in [0.3, 0.4) is 0 Å². The Morgan fingerprint density at radius 1 is 1.43 bits per heavy atom. The number of carbonyl (C=O) groups excluding carboxylic acids is 2. The number of carbonyl (C=O) groups is 2. The van der Waals surface area contributed by atoms with Crippen LogP contribution in [0.2, 0.25) is 0 Å². The lowest BCUT2D eigenvalue weighted by Crippen LogP contribution is -2.38. The quantitative estimate of drug-likeness (QED) is 0.559. The largest absolute Gasteiger partial charge is 0.467 e. The molecule has 1 aliphatic rings. The van der Waals surface area contributed by atoms with E-state index in [9.17, 15) is 9.59 Å². The van der Waals surface area contributed by atoms with Crippen molar-refractivity contribution in [3.05, 3.63) is 11.8 Å². The fourth-order valence-electron chi connectivity index (χ4n) is 1.13. The molecule has 0 saturated heterocycles. The van der Waals surface area contributed by atoms with Crippen LogP contribution in [0.1, 0.15) is 0 Å². The third-order valence-corrected chi connectivity index (χ3v) is 1.85. The molecule has 6 heteroatoms. The third-order valence-electron chi connectivity index (χ3n) is 1.85. The van der Waals surface area contributed by atoms with Crippen LogP contribution < -0.4 is 0 Å². The maximum absolute atomic E-state index is 11.3. The van der Waals surface area contributed by atoms with Crippen LogP contribution in [0.25, 0.3) is 0 Å². The van der Waals surface area contributed by atoms with E-state index in [0.29, 0.717) is 0 Å². The molecule has 0 bridgehead atoms. The fourth-order valence-corrected chi connectivity index (χ4v) is 1.13. The van der Waals surface area contributed by atoms with Crippen molar-refractivity contribution in [1.82, 2.24) is 5.06 Å². The first-order chi connectivity index (χ1) is 6.61. The lowest BCUT2D eigenvalue weighted by Gasteiger charge is -2.16. The van der Waals surface area contributed by atoms with Crippen molar-refractivity contribution in [2.24, 2.45) is 0 Å². The second kappa shape index (κ2) is 4.10. The van der Waals surface area contributed by atoms with Gasteiger partial charge in [0.2, 0.25) is 0 Å². The molecule has 0 fully saturated rings. The monoisotopic (exact) mass is 201 g/mol. The summed E-state index contributed by atoms with van der Waals surface area (Å²) in [5.41, 5.74) is 0.127. The Balaban J connectivity index is 2.85. The summed E-state index contributed by atoms with van der Waals surface area (Å²) in [4.78, 5) is 27.3. The molecular formula is C8H11NO5. The maximum Gasteiger partial charge on any atom is 0.339 e. The van der Waals surface area contributed by atoms with Crippen molar-refractivity contribution in [3.8, 4) is 0 Å². The highest BCUT2D eigenvalue weighted by Crippen LogP contribution is 2.20. The minimum absolute atomic E-state index is 0.127. The summed E-state index contributed by atoms with van der Waals surface area (Å²) in [5.74, 6) is -1.17. The molecule has 1 rings (SSSR count). The fraction of sp³-hybridized carbons (Fsp3) is 0.500. The van der Waals surface area contributed by atoms with Gasteiger partial charge in [0.1, 0.15) is 11.8 Å². The predicted octanol–water partition coefficient (Wildman–Crippen LogP) is -0.538. The highest BCUT2D eigenvalue weighted by Gasteiger charge is 2.38. The molecule has 0 radical (unpaired) electrons. The number of methoxy groups -OCH3 is 2. The minimum Gasteiger partial charge on any atom is -0.467 e. The molecule has 0 aromatic heterocycles. The lowest BCUT2D eigenvalue weighted by molar-refractivity contribution is -0.159. The average Bonchev–Trinajstić information content (AvgIpc) is 2.58. The Kier molecular flexibility index (Phi) is 3.08.